The van der Waals surface area contributed by atoms with Gasteiger partial charge in [-0.25, -0.2) is 0 Å². The second-order valence-corrected chi connectivity index (χ2v) is 5.90. The van der Waals surface area contributed by atoms with E-state index in [9.17, 15) is 4.79 Å². The van der Waals surface area contributed by atoms with E-state index in [1.165, 1.54) is 11.0 Å². The van der Waals surface area contributed by atoms with E-state index in [2.05, 4.69) is 33.1 Å². The Bertz CT molecular complexity index is 663. The third-order valence-corrected chi connectivity index (χ3v) is 3.99. The number of tetrazole rings is 1. The van der Waals surface area contributed by atoms with E-state index in [4.69, 9.17) is 11.6 Å². The van der Waals surface area contributed by atoms with E-state index in [1.54, 1.807) is 18.2 Å². The minimum Gasteiger partial charge on any atom is -0.349 e. The fraction of sp³-hybridized carbons (Fsp3) is 0.429. The average Bonchev–Trinajstić information content (AvgIpc) is 3.01. The van der Waals surface area contributed by atoms with Crippen molar-refractivity contribution in [3.05, 3.63) is 35.1 Å². The quantitative estimate of drug-likeness (QED) is 0.872. The van der Waals surface area contributed by atoms with Crippen LogP contribution in [0.4, 0.5) is 0 Å². The van der Waals surface area contributed by atoms with E-state index >= 15 is 0 Å². The summed E-state index contributed by atoms with van der Waals surface area (Å²) in [5, 5.41) is 18.0. The number of amides is 1. The van der Waals surface area contributed by atoms with Crippen LogP contribution in [0.15, 0.2) is 24.5 Å². The smallest absolute Gasteiger partial charge is 0.253 e. The molecule has 1 aromatic carbocycles. The molecule has 0 spiro atoms. The fourth-order valence-electron chi connectivity index (χ4n) is 2.69. The standard InChI is InChI=1S/C14H17ClN6O.ClH/c1-9-6-11(4-5-16-9)18-14(22)12-7-10(15)2-3-13(12)21-8-17-19-20-21;/h2-3,7-9,11,16H,4-6H2,1H3,(H,18,22);1H. The Morgan fingerprint density at radius 3 is 3.00 bits per heavy atom. The van der Waals surface area contributed by atoms with Crippen molar-refractivity contribution >= 4 is 29.9 Å². The van der Waals surface area contributed by atoms with Crippen LogP contribution < -0.4 is 10.6 Å². The highest BCUT2D eigenvalue weighted by Gasteiger charge is 2.22. The highest BCUT2D eigenvalue weighted by atomic mass is 35.5. The Kier molecular flexibility index (Phi) is 5.92. The number of aromatic nitrogens is 4. The molecule has 23 heavy (non-hydrogen) atoms. The van der Waals surface area contributed by atoms with Gasteiger partial charge in [0.25, 0.3) is 5.91 Å². The summed E-state index contributed by atoms with van der Waals surface area (Å²) < 4.78 is 1.45. The van der Waals surface area contributed by atoms with Crippen LogP contribution in [-0.2, 0) is 0 Å². The molecule has 1 saturated heterocycles. The van der Waals surface area contributed by atoms with Gasteiger partial charge in [0.1, 0.15) is 6.33 Å². The van der Waals surface area contributed by atoms with Crippen molar-refractivity contribution in [1.82, 2.24) is 30.8 Å². The summed E-state index contributed by atoms with van der Waals surface area (Å²) in [4.78, 5) is 12.6. The number of halogens is 2. The van der Waals surface area contributed by atoms with E-state index < -0.39 is 0 Å². The molecule has 9 heteroatoms. The lowest BCUT2D eigenvalue weighted by Crippen LogP contribution is -2.46. The third-order valence-electron chi connectivity index (χ3n) is 3.76. The number of hydrogen-bond acceptors (Lipinski definition) is 5. The van der Waals surface area contributed by atoms with Gasteiger partial charge in [-0.3, -0.25) is 4.79 Å². The Balaban J connectivity index is 0.00000192. The predicted molar refractivity (Wildman–Crippen MR) is 89.4 cm³/mol. The predicted octanol–water partition coefficient (Wildman–Crippen LogP) is 1.61. The third kappa shape index (κ3) is 4.19. The molecule has 3 rings (SSSR count). The fourth-order valence-corrected chi connectivity index (χ4v) is 2.86. The van der Waals surface area contributed by atoms with Crippen LogP contribution in [0.5, 0.6) is 0 Å². The number of piperidine rings is 1. The summed E-state index contributed by atoms with van der Waals surface area (Å²) >= 11 is 6.04. The molecule has 0 aliphatic carbocycles. The monoisotopic (exact) mass is 356 g/mol. The minimum absolute atomic E-state index is 0. The molecule has 124 valence electrons. The first-order chi connectivity index (χ1) is 10.6. The molecule has 2 atom stereocenters. The first-order valence-electron chi connectivity index (χ1n) is 7.20. The van der Waals surface area contributed by atoms with Gasteiger partial charge in [-0.05, 0) is 54.9 Å². The summed E-state index contributed by atoms with van der Waals surface area (Å²) in [5.74, 6) is -0.160. The first-order valence-corrected chi connectivity index (χ1v) is 7.58. The average molecular weight is 357 g/mol. The van der Waals surface area contributed by atoms with Gasteiger partial charge < -0.3 is 10.6 Å². The number of nitrogens with one attached hydrogen (secondary N) is 2. The lowest BCUT2D eigenvalue weighted by molar-refractivity contribution is 0.0925. The zero-order chi connectivity index (χ0) is 15.5. The molecule has 2 N–H and O–H groups in total. The second kappa shape index (κ2) is 7.72. The molecule has 1 aliphatic heterocycles. The van der Waals surface area contributed by atoms with Gasteiger partial charge in [0, 0.05) is 17.1 Å². The highest BCUT2D eigenvalue weighted by Crippen LogP contribution is 2.20. The van der Waals surface area contributed by atoms with Gasteiger partial charge in [-0.1, -0.05) is 11.6 Å². The van der Waals surface area contributed by atoms with E-state index in [0.29, 0.717) is 22.3 Å². The first kappa shape index (κ1) is 17.7. The number of nitrogens with zero attached hydrogens (tertiary/aromatic N) is 4. The topological polar surface area (TPSA) is 84.7 Å². The van der Waals surface area contributed by atoms with Crippen LogP contribution >= 0.6 is 24.0 Å². The van der Waals surface area contributed by atoms with Gasteiger partial charge in [0.15, 0.2) is 0 Å². The number of carbonyl (C=O) groups excluding carboxylic acids is 1. The van der Waals surface area contributed by atoms with Crippen molar-refractivity contribution in [2.24, 2.45) is 0 Å². The van der Waals surface area contributed by atoms with Crippen LogP contribution in [0.1, 0.15) is 30.1 Å². The molecule has 2 unspecified atom stereocenters. The van der Waals surface area contributed by atoms with Crippen molar-refractivity contribution in [3.63, 3.8) is 0 Å². The van der Waals surface area contributed by atoms with Crippen LogP contribution in [0, 0.1) is 0 Å². The molecule has 1 fully saturated rings. The summed E-state index contributed by atoms with van der Waals surface area (Å²) in [6.45, 7) is 3.02. The van der Waals surface area contributed by atoms with Crippen LogP contribution in [0.3, 0.4) is 0 Å². The Hall–Kier alpha value is -1.70. The molecule has 2 aromatic rings. The van der Waals surface area contributed by atoms with Crippen molar-refractivity contribution in [2.45, 2.75) is 31.8 Å². The van der Waals surface area contributed by atoms with Gasteiger partial charge in [0.05, 0.1) is 11.3 Å². The highest BCUT2D eigenvalue weighted by molar-refractivity contribution is 6.31. The number of carbonyl (C=O) groups is 1. The molecule has 1 aliphatic rings. The molecule has 1 aromatic heterocycles. The molecular weight excluding hydrogens is 339 g/mol. The second-order valence-electron chi connectivity index (χ2n) is 5.47. The zero-order valence-electron chi connectivity index (χ0n) is 12.6. The van der Waals surface area contributed by atoms with Gasteiger partial charge in [0.2, 0.25) is 0 Å². The summed E-state index contributed by atoms with van der Waals surface area (Å²) in [6.07, 6.45) is 3.27. The number of hydrogen-bond donors (Lipinski definition) is 2. The summed E-state index contributed by atoms with van der Waals surface area (Å²) in [6, 6.07) is 5.64. The number of rotatable bonds is 3. The Morgan fingerprint density at radius 2 is 2.30 bits per heavy atom. The van der Waals surface area contributed by atoms with Crippen molar-refractivity contribution < 1.29 is 4.79 Å². The maximum atomic E-state index is 12.6. The Morgan fingerprint density at radius 1 is 1.48 bits per heavy atom. The maximum absolute atomic E-state index is 12.6. The summed E-state index contributed by atoms with van der Waals surface area (Å²) in [5.41, 5.74) is 1.07. The molecule has 2 heterocycles. The SMILES string of the molecule is CC1CC(NC(=O)c2cc(Cl)ccc2-n2cnnn2)CCN1.Cl. The molecular formula is C14H18Cl2N6O. The van der Waals surface area contributed by atoms with Crippen LogP contribution in [-0.4, -0.2) is 44.7 Å². The van der Waals surface area contributed by atoms with Gasteiger partial charge in [-0.2, -0.15) is 4.68 Å². The molecule has 0 radical (unpaired) electrons. The van der Waals surface area contributed by atoms with Crippen molar-refractivity contribution in [3.8, 4) is 5.69 Å². The minimum atomic E-state index is -0.160. The van der Waals surface area contributed by atoms with E-state index in [1.807, 2.05) is 0 Å². The molecule has 0 saturated carbocycles. The van der Waals surface area contributed by atoms with Crippen LogP contribution in [0.2, 0.25) is 5.02 Å². The lowest BCUT2D eigenvalue weighted by Gasteiger charge is -2.28. The van der Waals surface area contributed by atoms with Gasteiger partial charge in [-0.15, -0.1) is 17.5 Å². The molecule has 1 amide bonds. The molecule has 7 nitrogen and oxygen atoms in total. The maximum Gasteiger partial charge on any atom is 0.253 e. The lowest BCUT2D eigenvalue weighted by atomic mass is 10.00. The largest absolute Gasteiger partial charge is 0.349 e. The normalized spacial score (nSPS) is 20.6. The number of benzene rings is 1. The van der Waals surface area contributed by atoms with Gasteiger partial charge >= 0.3 is 0 Å². The van der Waals surface area contributed by atoms with Crippen molar-refractivity contribution in [1.29, 1.82) is 0 Å². The van der Waals surface area contributed by atoms with Crippen molar-refractivity contribution in [2.75, 3.05) is 6.54 Å². The van der Waals surface area contributed by atoms with E-state index in [0.717, 1.165) is 19.4 Å². The zero-order valence-corrected chi connectivity index (χ0v) is 14.1. The van der Waals surface area contributed by atoms with Crippen LogP contribution in [0.25, 0.3) is 5.69 Å². The summed E-state index contributed by atoms with van der Waals surface area (Å²) in [7, 11) is 0. The Labute approximate surface area is 145 Å². The molecule has 0 bridgehead atoms. The van der Waals surface area contributed by atoms with E-state index in [-0.39, 0.29) is 24.4 Å².